The third-order valence-corrected chi connectivity index (χ3v) is 2.48. The number of hydrazine groups is 1. The van der Waals surface area contributed by atoms with Gasteiger partial charge in [0, 0.05) is 24.4 Å². The second-order valence-electron chi connectivity index (χ2n) is 4.35. The number of carbonyl (C=O) groups excluding carboxylic acids is 1. The van der Waals surface area contributed by atoms with Crippen LogP contribution in [0.4, 0.5) is 11.6 Å². The molecule has 0 aliphatic rings. The van der Waals surface area contributed by atoms with Gasteiger partial charge in [0.05, 0.1) is 0 Å². The lowest BCUT2D eigenvalue weighted by molar-refractivity contribution is -0.117. The lowest BCUT2D eigenvalue weighted by Gasteiger charge is -2.14. The highest BCUT2D eigenvalue weighted by molar-refractivity contribution is 5.74. The highest BCUT2D eigenvalue weighted by Gasteiger charge is 2.12. The van der Waals surface area contributed by atoms with E-state index in [1.54, 1.807) is 0 Å². The monoisotopic (exact) mass is 252 g/mol. The van der Waals surface area contributed by atoms with E-state index in [1.807, 2.05) is 20.8 Å². The minimum atomic E-state index is -0.351. The summed E-state index contributed by atoms with van der Waals surface area (Å²) in [5.41, 5.74) is 8.44. The fraction of sp³-hybridized carbons (Fsp3) is 0.545. The van der Waals surface area contributed by atoms with Crippen LogP contribution in [0.5, 0.6) is 0 Å². The first-order valence-corrected chi connectivity index (χ1v) is 5.83. The Bertz CT molecular complexity index is 432. The molecule has 0 aliphatic heterocycles. The number of nitrogen functional groups attached to an aromatic ring is 1. The molecule has 0 radical (unpaired) electrons. The first kappa shape index (κ1) is 14.2. The van der Waals surface area contributed by atoms with E-state index in [-0.39, 0.29) is 18.2 Å². The summed E-state index contributed by atoms with van der Waals surface area (Å²) in [6.07, 6.45) is 0.256. The van der Waals surface area contributed by atoms with Crippen molar-refractivity contribution in [1.82, 2.24) is 9.97 Å². The van der Waals surface area contributed by atoms with E-state index < -0.39 is 0 Å². The number of aromatic nitrogens is 2. The minimum absolute atomic E-state index is 0.189. The third-order valence-electron chi connectivity index (χ3n) is 2.48. The maximum absolute atomic E-state index is 10.7. The van der Waals surface area contributed by atoms with E-state index in [0.717, 1.165) is 5.56 Å². The highest BCUT2D eigenvalue weighted by atomic mass is 16.1. The van der Waals surface area contributed by atoms with E-state index in [4.69, 9.17) is 11.6 Å². The topological polar surface area (TPSA) is 119 Å². The van der Waals surface area contributed by atoms with Gasteiger partial charge in [0.15, 0.2) is 0 Å². The van der Waals surface area contributed by atoms with Gasteiger partial charge in [-0.1, -0.05) is 13.8 Å². The number of hydrogen-bond donors (Lipinski definition) is 4. The fourth-order valence-electron chi connectivity index (χ4n) is 1.41. The number of primary amides is 1. The predicted molar refractivity (Wildman–Crippen MR) is 71.0 cm³/mol. The van der Waals surface area contributed by atoms with Gasteiger partial charge < -0.3 is 16.5 Å². The summed E-state index contributed by atoms with van der Waals surface area (Å²) >= 11 is 0. The van der Waals surface area contributed by atoms with E-state index in [2.05, 4.69) is 20.7 Å². The summed E-state index contributed by atoms with van der Waals surface area (Å²) in [4.78, 5) is 19.4. The molecule has 1 rings (SSSR count). The van der Waals surface area contributed by atoms with Crippen molar-refractivity contribution in [2.24, 2.45) is 11.6 Å². The number of nitrogens with zero attached hydrogens (tertiary/aromatic N) is 2. The standard InChI is InChI=1S/C11H20N6O/c1-6(2)9-15-10(14-5-4-8(12)18)7(3)11(16-9)17-13/h6H,4-5,13H2,1-3H3,(H2,12,18)(H2,14,15,16,17). The number of hydrogen-bond acceptors (Lipinski definition) is 6. The van der Waals surface area contributed by atoms with Gasteiger partial charge in [0.25, 0.3) is 0 Å². The molecule has 0 fully saturated rings. The molecule has 0 saturated carbocycles. The number of carbonyl (C=O) groups is 1. The van der Waals surface area contributed by atoms with Gasteiger partial charge in [0.2, 0.25) is 5.91 Å². The molecule has 1 amide bonds. The van der Waals surface area contributed by atoms with Crippen molar-refractivity contribution in [3.63, 3.8) is 0 Å². The van der Waals surface area contributed by atoms with Crippen LogP contribution in [0.3, 0.4) is 0 Å². The molecule has 100 valence electrons. The van der Waals surface area contributed by atoms with Crippen molar-refractivity contribution in [2.45, 2.75) is 33.1 Å². The average molecular weight is 252 g/mol. The lowest BCUT2D eigenvalue weighted by atomic mass is 10.2. The van der Waals surface area contributed by atoms with Crippen LogP contribution in [0, 0.1) is 6.92 Å². The molecule has 1 aromatic heterocycles. The Morgan fingerprint density at radius 2 is 1.94 bits per heavy atom. The van der Waals surface area contributed by atoms with E-state index >= 15 is 0 Å². The summed E-state index contributed by atoms with van der Waals surface area (Å²) in [6, 6.07) is 0. The Balaban J connectivity index is 2.94. The number of amides is 1. The van der Waals surface area contributed by atoms with Crippen LogP contribution >= 0.6 is 0 Å². The third kappa shape index (κ3) is 3.56. The second-order valence-corrected chi connectivity index (χ2v) is 4.35. The molecule has 7 heteroatoms. The Morgan fingerprint density at radius 3 is 2.44 bits per heavy atom. The first-order valence-electron chi connectivity index (χ1n) is 5.83. The Kier molecular flexibility index (Phi) is 4.85. The zero-order chi connectivity index (χ0) is 13.7. The summed E-state index contributed by atoms with van der Waals surface area (Å²) < 4.78 is 0. The Hall–Kier alpha value is -1.89. The second kappa shape index (κ2) is 6.15. The summed E-state index contributed by atoms with van der Waals surface area (Å²) in [6.45, 7) is 6.29. The maximum atomic E-state index is 10.7. The van der Waals surface area contributed by atoms with Gasteiger partial charge in [-0.25, -0.2) is 15.8 Å². The average Bonchev–Trinajstić information content (AvgIpc) is 2.30. The fourth-order valence-corrected chi connectivity index (χ4v) is 1.41. The molecule has 0 spiro atoms. The smallest absolute Gasteiger partial charge is 0.219 e. The molecule has 0 saturated heterocycles. The predicted octanol–water partition coefficient (Wildman–Crippen LogP) is 0.481. The summed E-state index contributed by atoms with van der Waals surface area (Å²) in [7, 11) is 0. The molecule has 0 aliphatic carbocycles. The van der Waals surface area contributed by atoms with Crippen molar-refractivity contribution in [2.75, 3.05) is 17.3 Å². The molecule has 0 aromatic carbocycles. The molecular weight excluding hydrogens is 232 g/mol. The summed E-state index contributed by atoms with van der Waals surface area (Å²) in [5.74, 6) is 7.20. The number of nitrogens with one attached hydrogen (secondary N) is 2. The van der Waals surface area contributed by atoms with E-state index in [9.17, 15) is 4.79 Å². The molecular formula is C11H20N6O. The Morgan fingerprint density at radius 1 is 1.33 bits per heavy atom. The van der Waals surface area contributed by atoms with Crippen LogP contribution in [0.15, 0.2) is 0 Å². The zero-order valence-corrected chi connectivity index (χ0v) is 10.9. The highest BCUT2D eigenvalue weighted by Crippen LogP contribution is 2.22. The van der Waals surface area contributed by atoms with Crippen LogP contribution < -0.4 is 22.3 Å². The van der Waals surface area contributed by atoms with Gasteiger partial charge in [-0.3, -0.25) is 4.79 Å². The zero-order valence-electron chi connectivity index (χ0n) is 10.9. The molecule has 0 unspecified atom stereocenters. The van der Waals surface area contributed by atoms with E-state index in [0.29, 0.717) is 24.0 Å². The summed E-state index contributed by atoms with van der Waals surface area (Å²) in [5, 5.41) is 3.07. The van der Waals surface area contributed by atoms with Crippen LogP contribution in [0.25, 0.3) is 0 Å². The molecule has 1 aromatic rings. The van der Waals surface area contributed by atoms with Crippen LogP contribution in [0.1, 0.15) is 37.6 Å². The van der Waals surface area contributed by atoms with Crippen molar-refractivity contribution in [3.8, 4) is 0 Å². The Labute approximate surface area is 106 Å². The van der Waals surface area contributed by atoms with Crippen molar-refractivity contribution in [3.05, 3.63) is 11.4 Å². The largest absolute Gasteiger partial charge is 0.370 e. The normalized spacial score (nSPS) is 10.5. The van der Waals surface area contributed by atoms with Crippen LogP contribution in [-0.2, 0) is 4.79 Å². The maximum Gasteiger partial charge on any atom is 0.219 e. The van der Waals surface area contributed by atoms with Crippen molar-refractivity contribution in [1.29, 1.82) is 0 Å². The number of anilines is 2. The molecule has 6 N–H and O–H groups in total. The van der Waals surface area contributed by atoms with Gasteiger partial charge >= 0.3 is 0 Å². The first-order chi connectivity index (χ1) is 8.45. The van der Waals surface area contributed by atoms with Crippen LogP contribution in [-0.4, -0.2) is 22.4 Å². The molecule has 0 atom stereocenters. The number of nitrogens with two attached hydrogens (primary N) is 2. The molecule has 7 nitrogen and oxygen atoms in total. The van der Waals surface area contributed by atoms with Crippen molar-refractivity contribution < 1.29 is 4.79 Å². The minimum Gasteiger partial charge on any atom is -0.370 e. The van der Waals surface area contributed by atoms with Gasteiger partial charge in [0.1, 0.15) is 17.5 Å². The quantitative estimate of drug-likeness (QED) is 0.432. The SMILES string of the molecule is Cc1c(NN)nc(C(C)C)nc1NCCC(N)=O. The lowest BCUT2D eigenvalue weighted by Crippen LogP contribution is -2.19. The van der Waals surface area contributed by atoms with Gasteiger partial charge in [-0.2, -0.15) is 0 Å². The van der Waals surface area contributed by atoms with E-state index in [1.165, 1.54) is 0 Å². The van der Waals surface area contributed by atoms with Gasteiger partial charge in [-0.15, -0.1) is 0 Å². The van der Waals surface area contributed by atoms with Crippen LogP contribution in [0.2, 0.25) is 0 Å². The molecule has 1 heterocycles. The van der Waals surface area contributed by atoms with Crippen molar-refractivity contribution >= 4 is 17.5 Å². The number of rotatable bonds is 6. The van der Waals surface area contributed by atoms with Gasteiger partial charge in [-0.05, 0) is 6.92 Å². The molecule has 0 bridgehead atoms. The molecule has 18 heavy (non-hydrogen) atoms.